The van der Waals surface area contributed by atoms with E-state index in [9.17, 15) is 0 Å². The summed E-state index contributed by atoms with van der Waals surface area (Å²) in [6, 6.07) is 49.3. The number of fused-ring (bicyclic) bond motifs is 11. The van der Waals surface area contributed by atoms with Crippen molar-refractivity contribution < 1.29 is 0 Å². The van der Waals surface area contributed by atoms with Gasteiger partial charge in [-0.2, -0.15) is 0 Å². The van der Waals surface area contributed by atoms with Crippen LogP contribution in [0.15, 0.2) is 133 Å². The molecule has 0 amide bonds. The molecule has 1 atom stereocenters. The minimum absolute atomic E-state index is 0.328. The molecule has 0 fully saturated rings. The molecule has 202 valence electrons. The second-order valence-corrected chi connectivity index (χ2v) is 12.7. The Hall–Kier alpha value is -5.12. The first-order valence-corrected chi connectivity index (χ1v) is 15.8. The summed E-state index contributed by atoms with van der Waals surface area (Å²) in [5, 5.41) is 7.96. The highest BCUT2D eigenvalue weighted by Crippen LogP contribution is 2.56. The third-order valence-electron chi connectivity index (χ3n) is 9.46. The molecule has 2 aromatic heterocycles. The van der Waals surface area contributed by atoms with Gasteiger partial charge in [0.2, 0.25) is 0 Å². The Balaban J connectivity index is 1.33. The average molecular weight is 567 g/mol. The molecular formula is C40H26N2S. The summed E-state index contributed by atoms with van der Waals surface area (Å²) in [4.78, 5) is 2.61. The lowest BCUT2D eigenvalue weighted by molar-refractivity contribution is 0.909. The second kappa shape index (κ2) is 8.70. The van der Waals surface area contributed by atoms with Gasteiger partial charge in [0.25, 0.3) is 0 Å². The smallest absolute Gasteiger partial charge is 0.0590 e. The Morgan fingerprint density at radius 3 is 2.28 bits per heavy atom. The van der Waals surface area contributed by atoms with Crippen LogP contribution in [0.4, 0.5) is 11.4 Å². The number of benzene rings is 6. The van der Waals surface area contributed by atoms with Gasteiger partial charge in [0.15, 0.2) is 0 Å². The number of rotatable bonds is 2. The van der Waals surface area contributed by atoms with E-state index in [-0.39, 0.29) is 0 Å². The number of thiophene rings is 1. The zero-order chi connectivity index (χ0) is 28.1. The highest BCUT2D eigenvalue weighted by atomic mass is 32.1. The summed E-state index contributed by atoms with van der Waals surface area (Å²) in [7, 11) is 0. The summed E-state index contributed by atoms with van der Waals surface area (Å²) in [5.74, 6) is 0.328. The first-order chi connectivity index (χ1) is 21.3. The van der Waals surface area contributed by atoms with E-state index < -0.39 is 0 Å². The van der Waals surface area contributed by atoms with E-state index in [0.29, 0.717) is 5.92 Å². The van der Waals surface area contributed by atoms with Gasteiger partial charge in [-0.05, 0) is 65.7 Å². The Labute approximate surface area is 252 Å². The summed E-state index contributed by atoms with van der Waals surface area (Å²) in [6.07, 6.45) is 3.45. The van der Waals surface area contributed by atoms with Gasteiger partial charge >= 0.3 is 0 Å². The molecular weight excluding hydrogens is 541 g/mol. The molecule has 3 heteroatoms. The van der Waals surface area contributed by atoms with Crippen LogP contribution >= 0.6 is 11.3 Å². The van der Waals surface area contributed by atoms with Crippen LogP contribution in [0.2, 0.25) is 0 Å². The van der Waals surface area contributed by atoms with E-state index in [1.807, 2.05) is 11.3 Å². The van der Waals surface area contributed by atoms with Crippen molar-refractivity contribution in [2.24, 2.45) is 0 Å². The molecule has 0 N–H and O–H groups in total. The van der Waals surface area contributed by atoms with Crippen molar-refractivity contribution in [3.8, 4) is 5.69 Å². The number of nitrogens with zero attached hydrogens (tertiary/aromatic N) is 2. The molecule has 43 heavy (non-hydrogen) atoms. The van der Waals surface area contributed by atoms with Crippen molar-refractivity contribution in [3.05, 3.63) is 149 Å². The minimum Gasteiger partial charge on any atom is -0.312 e. The molecule has 10 rings (SSSR count). The topological polar surface area (TPSA) is 8.17 Å². The second-order valence-electron chi connectivity index (χ2n) is 11.7. The van der Waals surface area contributed by atoms with Gasteiger partial charge in [0.05, 0.1) is 16.7 Å². The van der Waals surface area contributed by atoms with Crippen LogP contribution in [0.25, 0.3) is 59.4 Å². The molecule has 0 bridgehead atoms. The SMILES string of the molecule is C1=c2ccccc2=C2C(C1)c1ccc3sc4ccccc4c3c1N2c1ccc2c(c1)c1ccccc1n2-c1ccccc1. The van der Waals surface area contributed by atoms with Crippen LogP contribution in [-0.4, -0.2) is 4.57 Å². The van der Waals surface area contributed by atoms with Gasteiger partial charge in [-0.1, -0.05) is 91.0 Å². The van der Waals surface area contributed by atoms with E-state index in [2.05, 4.69) is 149 Å². The molecule has 1 unspecified atom stereocenters. The fourth-order valence-corrected chi connectivity index (χ4v) is 8.79. The van der Waals surface area contributed by atoms with Crippen molar-refractivity contribution in [2.75, 3.05) is 4.90 Å². The quantitative estimate of drug-likeness (QED) is 0.202. The zero-order valence-electron chi connectivity index (χ0n) is 23.4. The summed E-state index contributed by atoms with van der Waals surface area (Å²) in [5.41, 5.74) is 9.06. The van der Waals surface area contributed by atoms with E-state index in [1.165, 1.54) is 80.7 Å². The molecule has 0 saturated heterocycles. The van der Waals surface area contributed by atoms with E-state index >= 15 is 0 Å². The van der Waals surface area contributed by atoms with Crippen LogP contribution in [0.5, 0.6) is 0 Å². The fraction of sp³-hybridized carbons (Fsp3) is 0.0500. The lowest BCUT2D eigenvalue weighted by Crippen LogP contribution is -2.35. The summed E-state index contributed by atoms with van der Waals surface area (Å²) in [6.45, 7) is 0. The maximum Gasteiger partial charge on any atom is 0.0590 e. The molecule has 8 aromatic rings. The van der Waals surface area contributed by atoms with Crippen LogP contribution < -0.4 is 15.3 Å². The lowest BCUT2D eigenvalue weighted by atomic mass is 9.89. The van der Waals surface area contributed by atoms with Gasteiger partial charge in [-0.3, -0.25) is 0 Å². The van der Waals surface area contributed by atoms with E-state index in [4.69, 9.17) is 0 Å². The minimum atomic E-state index is 0.328. The number of hydrogen-bond acceptors (Lipinski definition) is 2. The molecule has 0 radical (unpaired) electrons. The average Bonchev–Trinajstić information content (AvgIpc) is 3.72. The molecule has 2 nitrogen and oxygen atoms in total. The van der Waals surface area contributed by atoms with Crippen LogP contribution in [0.1, 0.15) is 17.9 Å². The summed E-state index contributed by atoms with van der Waals surface area (Å²) >= 11 is 1.90. The van der Waals surface area contributed by atoms with E-state index in [0.717, 1.165) is 6.42 Å². The number of hydrogen-bond donors (Lipinski definition) is 0. The zero-order valence-corrected chi connectivity index (χ0v) is 24.2. The standard InChI is InChI=1S/C40H26N2S/c1-2-11-26(12-3-1)41-34-16-8-6-14-29(34)33-24-27(19-22-35(33)41)42-39-28-13-5-4-10-25(28)18-20-30(39)31-21-23-37-38(40(31)42)32-15-7-9-17-36(32)43-37/h1-19,21-24,30H,20H2. The molecule has 1 aliphatic carbocycles. The Morgan fingerprint density at radius 1 is 0.581 bits per heavy atom. The first kappa shape index (κ1) is 23.4. The molecule has 6 aromatic carbocycles. The summed E-state index contributed by atoms with van der Waals surface area (Å²) < 4.78 is 5.10. The van der Waals surface area contributed by atoms with Gasteiger partial charge in [-0.15, -0.1) is 11.3 Å². The Bertz CT molecular complexity index is 2550. The number of para-hydroxylation sites is 2. The molecule has 2 aliphatic rings. The van der Waals surface area contributed by atoms with Gasteiger partial charge in [0.1, 0.15) is 0 Å². The van der Waals surface area contributed by atoms with Crippen LogP contribution in [-0.2, 0) is 0 Å². The normalized spacial score (nSPS) is 15.7. The highest BCUT2D eigenvalue weighted by molar-refractivity contribution is 7.26. The first-order valence-electron chi connectivity index (χ1n) is 15.0. The number of anilines is 2. The number of aromatic nitrogens is 1. The lowest BCUT2D eigenvalue weighted by Gasteiger charge is -2.26. The van der Waals surface area contributed by atoms with Crippen LogP contribution in [0.3, 0.4) is 0 Å². The molecule has 0 spiro atoms. The monoisotopic (exact) mass is 566 g/mol. The Kier molecular flexibility index (Phi) is 4.74. The predicted molar refractivity (Wildman–Crippen MR) is 183 cm³/mol. The Morgan fingerprint density at radius 2 is 1.35 bits per heavy atom. The largest absolute Gasteiger partial charge is 0.312 e. The predicted octanol–water partition coefficient (Wildman–Crippen LogP) is 9.38. The maximum absolute atomic E-state index is 2.61. The van der Waals surface area contributed by atoms with Gasteiger partial charge in [-0.25, -0.2) is 0 Å². The van der Waals surface area contributed by atoms with Crippen molar-refractivity contribution in [1.82, 2.24) is 4.57 Å². The molecule has 0 saturated carbocycles. The third-order valence-corrected chi connectivity index (χ3v) is 10.6. The maximum atomic E-state index is 2.61. The van der Waals surface area contributed by atoms with Crippen molar-refractivity contribution in [3.63, 3.8) is 0 Å². The van der Waals surface area contributed by atoms with Gasteiger partial charge in [0, 0.05) is 59.2 Å². The van der Waals surface area contributed by atoms with Gasteiger partial charge < -0.3 is 9.47 Å². The molecule has 3 heterocycles. The molecule has 1 aliphatic heterocycles. The van der Waals surface area contributed by atoms with Crippen molar-refractivity contribution in [2.45, 2.75) is 12.3 Å². The highest BCUT2D eigenvalue weighted by Gasteiger charge is 2.38. The van der Waals surface area contributed by atoms with Crippen molar-refractivity contribution in [1.29, 1.82) is 0 Å². The van der Waals surface area contributed by atoms with Crippen LogP contribution in [0, 0.1) is 0 Å². The third kappa shape index (κ3) is 3.17. The van der Waals surface area contributed by atoms with E-state index in [1.54, 1.807) is 0 Å². The van der Waals surface area contributed by atoms with Crippen molar-refractivity contribution >= 4 is 76.5 Å². The fourth-order valence-electron chi connectivity index (χ4n) is 7.68.